The zero-order valence-electron chi connectivity index (χ0n) is 14.6. The number of hydrogen-bond acceptors (Lipinski definition) is 5. The standard InChI is InChI=1S/C19H20N2O4S/c1-13-3-6-16(25-13)9-10-18(22)21-12-26-11-17(21)19(23)20-14-4-7-15(24-2)8-5-14/h3-10,17H,11-12H2,1-2H3,(H,20,23). The number of aryl methyl sites for hydroxylation is 1. The molecule has 1 fully saturated rings. The Hall–Kier alpha value is -2.67. The molecule has 0 aliphatic carbocycles. The lowest BCUT2D eigenvalue weighted by Gasteiger charge is -2.21. The van der Waals surface area contributed by atoms with Crippen LogP contribution in [0.4, 0.5) is 5.69 Å². The number of methoxy groups -OCH3 is 1. The van der Waals surface area contributed by atoms with Crippen molar-refractivity contribution >= 4 is 35.3 Å². The van der Waals surface area contributed by atoms with E-state index in [0.717, 1.165) is 11.5 Å². The van der Waals surface area contributed by atoms with Gasteiger partial charge < -0.3 is 19.4 Å². The van der Waals surface area contributed by atoms with Crippen LogP contribution in [0.15, 0.2) is 46.9 Å². The molecule has 1 aromatic heterocycles. The van der Waals surface area contributed by atoms with E-state index in [1.165, 1.54) is 6.08 Å². The van der Waals surface area contributed by atoms with Crippen molar-refractivity contribution in [3.05, 3.63) is 54.0 Å². The van der Waals surface area contributed by atoms with Crippen LogP contribution in [0.3, 0.4) is 0 Å². The summed E-state index contributed by atoms with van der Waals surface area (Å²) in [6, 6.07) is 10.2. The largest absolute Gasteiger partial charge is 0.497 e. The molecular weight excluding hydrogens is 352 g/mol. The lowest BCUT2D eigenvalue weighted by atomic mass is 10.2. The van der Waals surface area contributed by atoms with Crippen LogP contribution in [0, 0.1) is 6.92 Å². The summed E-state index contributed by atoms with van der Waals surface area (Å²) < 4.78 is 10.5. The minimum absolute atomic E-state index is 0.198. The van der Waals surface area contributed by atoms with Gasteiger partial charge in [-0.2, -0.15) is 0 Å². The van der Waals surface area contributed by atoms with Crippen molar-refractivity contribution in [3.8, 4) is 5.75 Å². The maximum Gasteiger partial charge on any atom is 0.248 e. The number of ether oxygens (including phenoxy) is 1. The zero-order valence-corrected chi connectivity index (χ0v) is 15.4. The lowest BCUT2D eigenvalue weighted by molar-refractivity contribution is -0.132. The second kappa shape index (κ2) is 8.14. The van der Waals surface area contributed by atoms with Crippen molar-refractivity contribution in [2.45, 2.75) is 13.0 Å². The summed E-state index contributed by atoms with van der Waals surface area (Å²) in [5.41, 5.74) is 0.668. The smallest absolute Gasteiger partial charge is 0.248 e. The van der Waals surface area contributed by atoms with Crippen LogP contribution >= 0.6 is 11.8 Å². The molecule has 1 aromatic carbocycles. The van der Waals surface area contributed by atoms with E-state index in [4.69, 9.17) is 9.15 Å². The van der Waals surface area contributed by atoms with E-state index in [9.17, 15) is 9.59 Å². The fraction of sp³-hybridized carbons (Fsp3) is 0.263. The normalized spacial score (nSPS) is 16.8. The Labute approximate surface area is 156 Å². The van der Waals surface area contributed by atoms with Gasteiger partial charge in [-0.3, -0.25) is 9.59 Å². The molecule has 136 valence electrons. The number of nitrogens with zero attached hydrogens (tertiary/aromatic N) is 1. The molecule has 1 aliphatic heterocycles. The van der Waals surface area contributed by atoms with Crippen molar-refractivity contribution in [3.63, 3.8) is 0 Å². The van der Waals surface area contributed by atoms with Gasteiger partial charge >= 0.3 is 0 Å². The number of benzene rings is 1. The average Bonchev–Trinajstić information content (AvgIpc) is 3.29. The topological polar surface area (TPSA) is 71.8 Å². The third-order valence-corrected chi connectivity index (χ3v) is 4.99. The summed E-state index contributed by atoms with van der Waals surface area (Å²) in [5.74, 6) is 2.76. The fourth-order valence-corrected chi connectivity index (χ4v) is 3.73. The highest BCUT2D eigenvalue weighted by molar-refractivity contribution is 7.99. The summed E-state index contributed by atoms with van der Waals surface area (Å²) in [4.78, 5) is 26.6. The van der Waals surface area contributed by atoms with Crippen LogP contribution in [0.2, 0.25) is 0 Å². The molecule has 1 atom stereocenters. The second-order valence-electron chi connectivity index (χ2n) is 5.82. The van der Waals surface area contributed by atoms with Crippen LogP contribution in [-0.2, 0) is 9.59 Å². The van der Waals surface area contributed by atoms with Gasteiger partial charge in [-0.05, 0) is 49.4 Å². The molecule has 7 heteroatoms. The first-order valence-corrected chi connectivity index (χ1v) is 9.30. The molecular formula is C19H20N2O4S. The Morgan fingerprint density at radius 2 is 2.04 bits per heavy atom. The number of anilines is 1. The molecule has 2 aromatic rings. The number of carbonyl (C=O) groups is 2. The van der Waals surface area contributed by atoms with E-state index in [0.29, 0.717) is 23.1 Å². The summed E-state index contributed by atoms with van der Waals surface area (Å²) in [7, 11) is 1.59. The number of hydrogen-bond donors (Lipinski definition) is 1. The minimum atomic E-state index is -0.502. The zero-order chi connectivity index (χ0) is 18.5. The highest BCUT2D eigenvalue weighted by atomic mass is 32.2. The van der Waals surface area contributed by atoms with Gasteiger partial charge in [0.05, 0.1) is 13.0 Å². The third kappa shape index (κ3) is 4.29. The van der Waals surface area contributed by atoms with Crippen LogP contribution in [0.1, 0.15) is 11.5 Å². The van der Waals surface area contributed by atoms with Gasteiger partial charge in [-0.25, -0.2) is 0 Å². The predicted octanol–water partition coefficient (Wildman–Crippen LogP) is 3.15. The van der Waals surface area contributed by atoms with Gasteiger partial charge in [-0.1, -0.05) is 0 Å². The maximum absolute atomic E-state index is 12.6. The van der Waals surface area contributed by atoms with Crippen LogP contribution in [0.25, 0.3) is 6.08 Å². The molecule has 0 radical (unpaired) electrons. The first-order chi connectivity index (χ1) is 12.6. The fourth-order valence-electron chi connectivity index (χ4n) is 2.57. The molecule has 2 amide bonds. The monoisotopic (exact) mass is 372 g/mol. The molecule has 1 N–H and O–H groups in total. The second-order valence-corrected chi connectivity index (χ2v) is 6.82. The molecule has 0 saturated carbocycles. The molecule has 26 heavy (non-hydrogen) atoms. The quantitative estimate of drug-likeness (QED) is 0.817. The Morgan fingerprint density at radius 1 is 1.27 bits per heavy atom. The van der Waals surface area contributed by atoms with Gasteiger partial charge in [0.2, 0.25) is 11.8 Å². The van der Waals surface area contributed by atoms with Gasteiger partial charge in [-0.15, -0.1) is 11.8 Å². The number of rotatable bonds is 5. The minimum Gasteiger partial charge on any atom is -0.497 e. The summed E-state index contributed by atoms with van der Waals surface area (Å²) in [6.07, 6.45) is 3.06. The van der Waals surface area contributed by atoms with E-state index in [-0.39, 0.29) is 11.8 Å². The van der Waals surface area contributed by atoms with Gasteiger partial charge in [0.15, 0.2) is 0 Å². The first kappa shape index (κ1) is 18.1. The van der Waals surface area contributed by atoms with Gasteiger partial charge in [0.1, 0.15) is 23.3 Å². The number of furan rings is 1. The predicted molar refractivity (Wildman–Crippen MR) is 102 cm³/mol. The van der Waals surface area contributed by atoms with Crippen molar-refractivity contribution in [2.75, 3.05) is 24.1 Å². The molecule has 3 rings (SSSR count). The average molecular weight is 372 g/mol. The van der Waals surface area contributed by atoms with Crippen LogP contribution < -0.4 is 10.1 Å². The molecule has 1 unspecified atom stereocenters. The summed E-state index contributed by atoms with van der Waals surface area (Å²) in [5, 5.41) is 2.85. The Bertz CT molecular complexity index is 813. The van der Waals surface area contributed by atoms with Gasteiger partial charge in [0.25, 0.3) is 0 Å². The molecule has 1 saturated heterocycles. The van der Waals surface area contributed by atoms with E-state index in [1.807, 2.05) is 13.0 Å². The van der Waals surface area contributed by atoms with Crippen LogP contribution in [-0.4, -0.2) is 41.5 Å². The Kier molecular flexibility index (Phi) is 5.68. The lowest BCUT2D eigenvalue weighted by Crippen LogP contribution is -2.43. The van der Waals surface area contributed by atoms with Crippen molar-refractivity contribution in [1.29, 1.82) is 0 Å². The van der Waals surface area contributed by atoms with Gasteiger partial charge in [0, 0.05) is 17.5 Å². The third-order valence-electron chi connectivity index (χ3n) is 3.98. The van der Waals surface area contributed by atoms with Crippen molar-refractivity contribution in [1.82, 2.24) is 4.90 Å². The molecule has 2 heterocycles. The molecule has 1 aliphatic rings. The number of thioether (sulfide) groups is 1. The Balaban J connectivity index is 1.63. The molecule has 0 spiro atoms. The first-order valence-electron chi connectivity index (χ1n) is 8.14. The number of nitrogens with one attached hydrogen (secondary N) is 1. The van der Waals surface area contributed by atoms with Crippen molar-refractivity contribution in [2.24, 2.45) is 0 Å². The Morgan fingerprint density at radius 3 is 2.69 bits per heavy atom. The van der Waals surface area contributed by atoms with Crippen LogP contribution in [0.5, 0.6) is 5.75 Å². The van der Waals surface area contributed by atoms with E-state index >= 15 is 0 Å². The molecule has 6 nitrogen and oxygen atoms in total. The van der Waals surface area contributed by atoms with E-state index in [2.05, 4.69) is 5.32 Å². The molecule has 0 bridgehead atoms. The van der Waals surface area contributed by atoms with Crippen molar-refractivity contribution < 1.29 is 18.7 Å². The van der Waals surface area contributed by atoms with E-state index < -0.39 is 6.04 Å². The summed E-state index contributed by atoms with van der Waals surface area (Å²) in [6.45, 7) is 1.84. The maximum atomic E-state index is 12.6. The highest BCUT2D eigenvalue weighted by Crippen LogP contribution is 2.23. The summed E-state index contributed by atoms with van der Waals surface area (Å²) >= 11 is 1.56. The highest BCUT2D eigenvalue weighted by Gasteiger charge is 2.33. The SMILES string of the molecule is COc1ccc(NC(=O)C2CSCN2C(=O)C=Cc2ccc(C)o2)cc1. The number of carbonyl (C=O) groups excluding carboxylic acids is 2. The van der Waals surface area contributed by atoms with E-state index in [1.54, 1.807) is 60.2 Å². The number of amides is 2.